The zero-order chi connectivity index (χ0) is 10.3. The van der Waals surface area contributed by atoms with Crippen LogP contribution in [0.4, 0.5) is 8.78 Å². The van der Waals surface area contributed by atoms with E-state index in [1.54, 1.807) is 22.6 Å². The van der Waals surface area contributed by atoms with Gasteiger partial charge in [0.15, 0.2) is 0 Å². The molecule has 1 aromatic rings. The van der Waals surface area contributed by atoms with Crippen molar-refractivity contribution < 1.29 is 13.9 Å². The van der Waals surface area contributed by atoms with Crippen molar-refractivity contribution in [2.75, 3.05) is 0 Å². The van der Waals surface area contributed by atoms with Crippen molar-refractivity contribution >= 4 is 22.6 Å². The van der Waals surface area contributed by atoms with E-state index in [4.69, 9.17) is 0 Å². The first-order chi connectivity index (χ1) is 6.61. The van der Waals surface area contributed by atoms with Gasteiger partial charge in [0.2, 0.25) is 0 Å². The molecular weight excluding hydrogens is 301 g/mol. The zero-order valence-corrected chi connectivity index (χ0v) is 9.46. The van der Waals surface area contributed by atoms with Crippen molar-refractivity contribution in [3.63, 3.8) is 0 Å². The average Bonchev–Trinajstić information content (AvgIpc) is 2.95. The quantitative estimate of drug-likeness (QED) is 0.658. The molecule has 0 amide bonds. The third kappa shape index (κ3) is 1.77. The lowest BCUT2D eigenvalue weighted by atomic mass is 10.0. The third-order valence-corrected chi connectivity index (χ3v) is 3.28. The molecule has 1 unspecified atom stereocenters. The molecule has 0 spiro atoms. The number of rotatable bonds is 2. The van der Waals surface area contributed by atoms with Crippen LogP contribution in [-0.4, -0.2) is 5.11 Å². The fraction of sp³-hybridized carbons (Fsp3) is 0.400. The minimum absolute atomic E-state index is 0.0391. The van der Waals surface area contributed by atoms with Gasteiger partial charge < -0.3 is 5.11 Å². The first-order valence-corrected chi connectivity index (χ1v) is 5.50. The second-order valence-electron chi connectivity index (χ2n) is 3.54. The summed E-state index contributed by atoms with van der Waals surface area (Å²) in [5.74, 6) is -1.23. The van der Waals surface area contributed by atoms with Crippen molar-refractivity contribution in [1.82, 2.24) is 0 Å². The topological polar surface area (TPSA) is 20.2 Å². The lowest BCUT2D eigenvalue weighted by Crippen LogP contribution is -2.07. The van der Waals surface area contributed by atoms with Crippen molar-refractivity contribution in [2.24, 2.45) is 5.92 Å². The Morgan fingerprint density at radius 2 is 2.00 bits per heavy atom. The fourth-order valence-electron chi connectivity index (χ4n) is 1.46. The highest BCUT2D eigenvalue weighted by Crippen LogP contribution is 2.42. The summed E-state index contributed by atoms with van der Waals surface area (Å²) in [6.07, 6.45) is 0.724. The minimum Gasteiger partial charge on any atom is -0.388 e. The summed E-state index contributed by atoms with van der Waals surface area (Å²) in [6, 6.07) is 2.57. The van der Waals surface area contributed by atoms with E-state index in [0.717, 1.165) is 12.8 Å². The summed E-state index contributed by atoms with van der Waals surface area (Å²) in [7, 11) is 0. The first kappa shape index (κ1) is 10.3. The van der Waals surface area contributed by atoms with Gasteiger partial charge >= 0.3 is 0 Å². The van der Waals surface area contributed by atoms with Crippen LogP contribution in [0.5, 0.6) is 0 Å². The maximum atomic E-state index is 13.5. The molecule has 1 nitrogen and oxygen atoms in total. The molecular formula is C10H9F2IO. The normalized spacial score (nSPS) is 18.3. The molecule has 1 aliphatic rings. The summed E-state index contributed by atoms with van der Waals surface area (Å²) in [4.78, 5) is 0. The van der Waals surface area contributed by atoms with Crippen molar-refractivity contribution in [3.8, 4) is 0 Å². The highest BCUT2D eigenvalue weighted by molar-refractivity contribution is 14.1. The Bertz CT molecular complexity index is 363. The van der Waals surface area contributed by atoms with Crippen LogP contribution in [-0.2, 0) is 0 Å². The SMILES string of the molecule is OC(c1c(F)ccc(I)c1F)C1CC1. The predicted molar refractivity (Wildman–Crippen MR) is 56.8 cm³/mol. The van der Waals surface area contributed by atoms with Crippen LogP contribution in [0.3, 0.4) is 0 Å². The van der Waals surface area contributed by atoms with E-state index in [-0.39, 0.29) is 11.5 Å². The Morgan fingerprint density at radius 1 is 1.36 bits per heavy atom. The second kappa shape index (κ2) is 3.73. The summed E-state index contributed by atoms with van der Waals surface area (Å²) in [5, 5.41) is 9.66. The van der Waals surface area contributed by atoms with Gasteiger partial charge in [0.05, 0.1) is 11.7 Å². The van der Waals surface area contributed by atoms with E-state index in [0.29, 0.717) is 3.57 Å². The molecule has 2 rings (SSSR count). The van der Waals surface area contributed by atoms with E-state index >= 15 is 0 Å². The Labute approximate surface area is 94.3 Å². The van der Waals surface area contributed by atoms with Crippen LogP contribution in [0, 0.1) is 21.1 Å². The molecule has 0 radical (unpaired) electrons. The molecule has 0 aliphatic heterocycles. The first-order valence-electron chi connectivity index (χ1n) is 4.42. The summed E-state index contributed by atoms with van der Waals surface area (Å²) in [5.41, 5.74) is -0.167. The number of hydrogen-bond donors (Lipinski definition) is 1. The lowest BCUT2D eigenvalue weighted by Gasteiger charge is -2.12. The van der Waals surface area contributed by atoms with Crippen molar-refractivity contribution in [2.45, 2.75) is 18.9 Å². The largest absolute Gasteiger partial charge is 0.388 e. The number of hydrogen-bond acceptors (Lipinski definition) is 1. The molecule has 1 N–H and O–H groups in total. The molecule has 1 aromatic carbocycles. The van der Waals surface area contributed by atoms with Gasteiger partial charge in [-0.25, -0.2) is 8.78 Å². The Kier molecular flexibility index (Phi) is 2.74. The van der Waals surface area contributed by atoms with Crippen LogP contribution >= 0.6 is 22.6 Å². The average molecular weight is 310 g/mol. The summed E-state index contributed by atoms with van der Waals surface area (Å²) < 4.78 is 27.1. The molecule has 1 aliphatic carbocycles. The molecule has 4 heteroatoms. The van der Waals surface area contributed by atoms with Gasteiger partial charge in [-0.15, -0.1) is 0 Å². The van der Waals surface area contributed by atoms with E-state index in [1.165, 1.54) is 12.1 Å². The number of halogens is 3. The summed E-state index contributed by atoms with van der Waals surface area (Å²) in [6.45, 7) is 0. The highest BCUT2D eigenvalue weighted by atomic mass is 127. The van der Waals surface area contributed by atoms with Gasteiger partial charge in [-0.2, -0.15) is 0 Å². The highest BCUT2D eigenvalue weighted by Gasteiger charge is 2.34. The Hall–Kier alpha value is -0.230. The Balaban J connectivity index is 2.43. The molecule has 0 bridgehead atoms. The molecule has 1 fully saturated rings. The van der Waals surface area contributed by atoms with Crippen LogP contribution in [0.25, 0.3) is 0 Å². The number of benzene rings is 1. The van der Waals surface area contributed by atoms with Gasteiger partial charge in [-0.3, -0.25) is 0 Å². The number of aliphatic hydroxyl groups excluding tert-OH is 1. The van der Waals surface area contributed by atoms with E-state index < -0.39 is 17.7 Å². The van der Waals surface area contributed by atoms with Gasteiger partial charge in [-0.1, -0.05) is 0 Å². The van der Waals surface area contributed by atoms with Gasteiger partial charge in [0, 0.05) is 3.57 Å². The minimum atomic E-state index is -0.982. The van der Waals surface area contributed by atoms with Crippen molar-refractivity contribution in [1.29, 1.82) is 0 Å². The van der Waals surface area contributed by atoms with Crippen molar-refractivity contribution in [3.05, 3.63) is 32.9 Å². The molecule has 14 heavy (non-hydrogen) atoms. The third-order valence-electron chi connectivity index (χ3n) is 2.44. The smallest absolute Gasteiger partial charge is 0.145 e. The second-order valence-corrected chi connectivity index (χ2v) is 4.70. The maximum Gasteiger partial charge on any atom is 0.145 e. The van der Waals surface area contributed by atoms with Gasteiger partial charge in [0.25, 0.3) is 0 Å². The van der Waals surface area contributed by atoms with Gasteiger partial charge in [0.1, 0.15) is 11.6 Å². The predicted octanol–water partition coefficient (Wildman–Crippen LogP) is 3.01. The molecule has 0 saturated heterocycles. The van der Waals surface area contributed by atoms with Gasteiger partial charge in [-0.05, 0) is 53.5 Å². The maximum absolute atomic E-state index is 13.5. The van der Waals surface area contributed by atoms with Crippen LogP contribution < -0.4 is 0 Å². The Morgan fingerprint density at radius 3 is 2.57 bits per heavy atom. The lowest BCUT2D eigenvalue weighted by molar-refractivity contribution is 0.144. The number of aliphatic hydroxyl groups is 1. The monoisotopic (exact) mass is 310 g/mol. The van der Waals surface area contributed by atoms with Crippen LogP contribution in [0.15, 0.2) is 12.1 Å². The molecule has 76 valence electrons. The van der Waals surface area contributed by atoms with Crippen LogP contribution in [0.1, 0.15) is 24.5 Å². The fourth-order valence-corrected chi connectivity index (χ4v) is 1.93. The molecule has 1 atom stereocenters. The standard InChI is InChI=1S/C10H9F2IO/c11-6-3-4-7(13)9(12)8(6)10(14)5-1-2-5/h3-5,10,14H,1-2H2. The van der Waals surface area contributed by atoms with Crippen LogP contribution in [0.2, 0.25) is 0 Å². The van der Waals surface area contributed by atoms with E-state index in [1.807, 2.05) is 0 Å². The molecule has 1 saturated carbocycles. The zero-order valence-electron chi connectivity index (χ0n) is 7.30. The van der Waals surface area contributed by atoms with E-state index in [9.17, 15) is 13.9 Å². The van der Waals surface area contributed by atoms with E-state index in [2.05, 4.69) is 0 Å². The molecule has 0 aromatic heterocycles. The molecule has 0 heterocycles. The summed E-state index contributed by atoms with van der Waals surface area (Å²) >= 11 is 1.79.